The third kappa shape index (κ3) is 2.35. The lowest BCUT2D eigenvalue weighted by atomic mass is 10.2. The zero-order valence-corrected chi connectivity index (χ0v) is 8.33. The van der Waals surface area contributed by atoms with Crippen molar-refractivity contribution in [2.45, 2.75) is 0 Å². The monoisotopic (exact) mass is 199 g/mol. The Morgan fingerprint density at radius 2 is 2.21 bits per heavy atom. The SMILES string of the molecule is COc1ccc(F)cc1N(C)CCO. The molecule has 0 aromatic heterocycles. The van der Waals surface area contributed by atoms with Gasteiger partial charge in [0.05, 0.1) is 19.4 Å². The van der Waals surface area contributed by atoms with Crippen molar-refractivity contribution in [2.75, 3.05) is 32.2 Å². The molecule has 0 aliphatic carbocycles. The average Bonchev–Trinajstić information content (AvgIpc) is 2.18. The summed E-state index contributed by atoms with van der Waals surface area (Å²) in [6.07, 6.45) is 0. The fourth-order valence-corrected chi connectivity index (χ4v) is 1.23. The number of halogens is 1. The van der Waals surface area contributed by atoms with Gasteiger partial charge in [0, 0.05) is 19.7 Å². The van der Waals surface area contributed by atoms with Crippen LogP contribution in [0.3, 0.4) is 0 Å². The van der Waals surface area contributed by atoms with Crippen molar-refractivity contribution >= 4 is 5.69 Å². The van der Waals surface area contributed by atoms with Gasteiger partial charge in [-0.3, -0.25) is 0 Å². The van der Waals surface area contributed by atoms with Gasteiger partial charge in [-0.05, 0) is 12.1 Å². The summed E-state index contributed by atoms with van der Waals surface area (Å²) in [7, 11) is 3.30. The smallest absolute Gasteiger partial charge is 0.142 e. The van der Waals surface area contributed by atoms with Crippen molar-refractivity contribution in [3.05, 3.63) is 24.0 Å². The van der Waals surface area contributed by atoms with Gasteiger partial charge < -0.3 is 14.7 Å². The maximum Gasteiger partial charge on any atom is 0.142 e. The topological polar surface area (TPSA) is 32.7 Å². The number of anilines is 1. The highest BCUT2D eigenvalue weighted by Gasteiger charge is 2.08. The van der Waals surface area contributed by atoms with E-state index in [1.54, 1.807) is 18.0 Å². The molecule has 0 saturated carbocycles. The molecule has 0 heterocycles. The molecular weight excluding hydrogens is 185 g/mol. The maximum atomic E-state index is 12.9. The molecule has 0 unspecified atom stereocenters. The van der Waals surface area contributed by atoms with E-state index in [2.05, 4.69) is 0 Å². The number of hydrogen-bond acceptors (Lipinski definition) is 3. The molecule has 0 fully saturated rings. The molecule has 78 valence electrons. The zero-order valence-electron chi connectivity index (χ0n) is 8.33. The number of rotatable bonds is 4. The van der Waals surface area contributed by atoms with Crippen LogP contribution in [0.25, 0.3) is 0 Å². The number of benzene rings is 1. The summed E-state index contributed by atoms with van der Waals surface area (Å²) in [5.41, 5.74) is 0.640. The minimum atomic E-state index is -0.314. The fourth-order valence-electron chi connectivity index (χ4n) is 1.23. The Morgan fingerprint density at radius 3 is 2.79 bits per heavy atom. The first-order valence-corrected chi connectivity index (χ1v) is 4.34. The minimum absolute atomic E-state index is 0.0240. The molecular formula is C10H14FNO2. The molecule has 14 heavy (non-hydrogen) atoms. The van der Waals surface area contributed by atoms with E-state index in [-0.39, 0.29) is 12.4 Å². The van der Waals surface area contributed by atoms with Crippen LogP contribution in [0.15, 0.2) is 18.2 Å². The molecule has 1 aromatic rings. The Hall–Kier alpha value is -1.29. The summed E-state index contributed by atoms with van der Waals surface area (Å²) in [5, 5.41) is 8.75. The summed E-state index contributed by atoms with van der Waals surface area (Å²) >= 11 is 0. The first-order valence-electron chi connectivity index (χ1n) is 4.34. The van der Waals surface area contributed by atoms with Crippen molar-refractivity contribution in [1.29, 1.82) is 0 Å². The van der Waals surface area contributed by atoms with Crippen LogP contribution >= 0.6 is 0 Å². The summed E-state index contributed by atoms with van der Waals surface area (Å²) in [5.74, 6) is 0.285. The molecule has 0 saturated heterocycles. The van der Waals surface area contributed by atoms with Crippen LogP contribution in [0.4, 0.5) is 10.1 Å². The molecule has 0 spiro atoms. The number of aliphatic hydroxyl groups is 1. The van der Waals surface area contributed by atoms with Crippen molar-refractivity contribution in [3.8, 4) is 5.75 Å². The van der Waals surface area contributed by atoms with Crippen molar-refractivity contribution in [2.24, 2.45) is 0 Å². The second-order valence-electron chi connectivity index (χ2n) is 2.96. The lowest BCUT2D eigenvalue weighted by Crippen LogP contribution is -2.21. The number of aliphatic hydroxyl groups excluding tert-OH is 1. The van der Waals surface area contributed by atoms with E-state index in [4.69, 9.17) is 9.84 Å². The Balaban J connectivity index is 2.97. The second-order valence-corrected chi connectivity index (χ2v) is 2.96. The van der Waals surface area contributed by atoms with Crippen LogP contribution in [0.5, 0.6) is 5.75 Å². The van der Waals surface area contributed by atoms with Crippen LogP contribution in [0, 0.1) is 5.82 Å². The van der Waals surface area contributed by atoms with Gasteiger partial charge in [-0.2, -0.15) is 0 Å². The van der Waals surface area contributed by atoms with Crippen molar-refractivity contribution in [3.63, 3.8) is 0 Å². The Kier molecular flexibility index (Phi) is 3.71. The minimum Gasteiger partial charge on any atom is -0.495 e. The molecule has 0 bridgehead atoms. The summed E-state index contributed by atoms with van der Waals surface area (Å²) in [6, 6.07) is 4.29. The lowest BCUT2D eigenvalue weighted by molar-refractivity contribution is 0.303. The highest BCUT2D eigenvalue weighted by molar-refractivity contribution is 5.58. The largest absolute Gasteiger partial charge is 0.495 e. The van der Waals surface area contributed by atoms with E-state index in [0.29, 0.717) is 18.0 Å². The molecule has 1 N–H and O–H groups in total. The summed E-state index contributed by atoms with van der Waals surface area (Å²) in [6.45, 7) is 0.468. The predicted octanol–water partition coefficient (Wildman–Crippen LogP) is 1.26. The third-order valence-electron chi connectivity index (χ3n) is 1.99. The predicted molar refractivity (Wildman–Crippen MR) is 53.3 cm³/mol. The van der Waals surface area contributed by atoms with Crippen LogP contribution in [0.1, 0.15) is 0 Å². The van der Waals surface area contributed by atoms with Crippen molar-refractivity contribution < 1.29 is 14.2 Å². The number of hydrogen-bond donors (Lipinski definition) is 1. The molecule has 0 amide bonds. The first kappa shape index (κ1) is 10.8. The average molecular weight is 199 g/mol. The lowest BCUT2D eigenvalue weighted by Gasteiger charge is -2.20. The molecule has 4 heteroatoms. The Bertz CT molecular complexity index is 304. The van der Waals surface area contributed by atoms with Gasteiger partial charge in [0.15, 0.2) is 0 Å². The first-order chi connectivity index (χ1) is 6.69. The highest BCUT2D eigenvalue weighted by atomic mass is 19.1. The molecule has 0 radical (unpaired) electrons. The molecule has 3 nitrogen and oxygen atoms in total. The third-order valence-corrected chi connectivity index (χ3v) is 1.99. The van der Waals surface area contributed by atoms with Crippen molar-refractivity contribution in [1.82, 2.24) is 0 Å². The molecule has 0 aliphatic rings. The number of ether oxygens (including phenoxy) is 1. The number of nitrogens with zero attached hydrogens (tertiary/aromatic N) is 1. The van der Waals surface area contributed by atoms with E-state index in [1.807, 2.05) is 0 Å². The molecule has 1 aromatic carbocycles. The maximum absolute atomic E-state index is 12.9. The van der Waals surface area contributed by atoms with Gasteiger partial charge in [0.1, 0.15) is 11.6 Å². The van der Waals surface area contributed by atoms with E-state index in [9.17, 15) is 4.39 Å². The van der Waals surface area contributed by atoms with E-state index < -0.39 is 0 Å². The van der Waals surface area contributed by atoms with E-state index >= 15 is 0 Å². The van der Waals surface area contributed by atoms with Gasteiger partial charge in [-0.15, -0.1) is 0 Å². The van der Waals surface area contributed by atoms with Gasteiger partial charge in [0.25, 0.3) is 0 Å². The van der Waals surface area contributed by atoms with E-state index in [0.717, 1.165) is 0 Å². The quantitative estimate of drug-likeness (QED) is 0.792. The second kappa shape index (κ2) is 4.81. The molecule has 0 atom stereocenters. The summed E-state index contributed by atoms with van der Waals surface area (Å²) < 4.78 is 18.0. The van der Waals surface area contributed by atoms with Crippen LogP contribution in [0.2, 0.25) is 0 Å². The fraction of sp³-hybridized carbons (Fsp3) is 0.400. The Labute approximate surface area is 82.7 Å². The highest BCUT2D eigenvalue weighted by Crippen LogP contribution is 2.27. The van der Waals surface area contributed by atoms with Gasteiger partial charge >= 0.3 is 0 Å². The number of likely N-dealkylation sites (N-methyl/N-ethyl adjacent to an activating group) is 1. The van der Waals surface area contributed by atoms with Gasteiger partial charge in [0.2, 0.25) is 0 Å². The normalized spacial score (nSPS) is 10.0. The molecule has 0 aliphatic heterocycles. The van der Waals surface area contributed by atoms with Crippen LogP contribution in [-0.2, 0) is 0 Å². The zero-order chi connectivity index (χ0) is 10.6. The standard InChI is InChI=1S/C10H14FNO2/c1-12(5-6-13)9-7-8(11)3-4-10(9)14-2/h3-4,7,13H,5-6H2,1-2H3. The Morgan fingerprint density at radius 1 is 1.50 bits per heavy atom. The van der Waals surface area contributed by atoms with E-state index in [1.165, 1.54) is 19.2 Å². The van der Waals surface area contributed by atoms with Crippen LogP contribution < -0.4 is 9.64 Å². The summed E-state index contributed by atoms with van der Waals surface area (Å²) in [4.78, 5) is 1.74. The molecule has 1 rings (SSSR count). The van der Waals surface area contributed by atoms with Gasteiger partial charge in [-0.1, -0.05) is 0 Å². The van der Waals surface area contributed by atoms with Crippen LogP contribution in [-0.4, -0.2) is 32.4 Å². The number of methoxy groups -OCH3 is 1. The van der Waals surface area contributed by atoms with Gasteiger partial charge in [-0.25, -0.2) is 4.39 Å².